The highest BCUT2D eigenvalue weighted by Gasteiger charge is 2.53. The second-order valence-electron chi connectivity index (χ2n) is 19.9. The number of halogens is 8. The molecule has 0 bridgehead atoms. The first-order valence-electron chi connectivity index (χ1n) is 25.1. The van der Waals surface area contributed by atoms with E-state index in [1.807, 2.05) is 0 Å². The Bertz CT molecular complexity index is 3760. The van der Waals surface area contributed by atoms with Gasteiger partial charge in [-0.25, -0.2) is 23.5 Å². The number of aliphatic hydroxyl groups is 1. The maximum absolute atomic E-state index is 15.7. The van der Waals surface area contributed by atoms with Gasteiger partial charge in [-0.3, -0.25) is 19.4 Å². The van der Waals surface area contributed by atoms with Crippen molar-refractivity contribution < 1.29 is 83.0 Å². The minimum Gasteiger partial charge on any atom is -0.475 e. The van der Waals surface area contributed by atoms with Crippen LogP contribution in [0.15, 0.2) is 48.8 Å². The van der Waals surface area contributed by atoms with Crippen molar-refractivity contribution in [1.82, 2.24) is 29.9 Å². The number of alkyl halides is 6. The molecule has 1 N–H and O–H groups in total. The first-order chi connectivity index (χ1) is 39.7. The van der Waals surface area contributed by atoms with Crippen LogP contribution in [0.3, 0.4) is 0 Å². The average Bonchev–Trinajstić information content (AvgIpc) is 1.69. The van der Waals surface area contributed by atoms with E-state index in [1.54, 1.807) is 34.6 Å². The summed E-state index contributed by atoms with van der Waals surface area (Å²) in [6, 6.07) is 8.52. The lowest BCUT2D eigenvalue weighted by molar-refractivity contribution is -0.138. The van der Waals surface area contributed by atoms with Gasteiger partial charge in [0.15, 0.2) is 33.2 Å². The number of nitrogens with zero attached hydrogens (tertiary/aromatic N) is 12. The number of rotatable bonds is 15. The number of aromatic nitrogens is 6. The third kappa shape index (κ3) is 13.0. The maximum Gasteiger partial charge on any atom is 0.508 e. The van der Waals surface area contributed by atoms with Gasteiger partial charge in [0.25, 0.3) is 11.8 Å². The van der Waals surface area contributed by atoms with Crippen molar-refractivity contribution in [3.8, 4) is 35.9 Å². The SMILES string of the molecule is CCOc1nc(OCCO)c2cc(N3C(=S)N(c4cnc(C#N)c(C(F)(F)F)c4)C(=O)C3(C)C)cc(F)c2n1.CCOc1nc(OCCOC(=O)OC(C)(C)C)c2cc(N3C(=S)N(c4cnc(C#N)c(C(F)(F)F)c4)C(=O)C3(C)C)cc(F)c2n1. The number of thiocarbonyl (C=S) groups is 2. The summed E-state index contributed by atoms with van der Waals surface area (Å²) < 4.78 is 145. The summed E-state index contributed by atoms with van der Waals surface area (Å²) in [5.41, 5.74) is -9.16. The Labute approximate surface area is 488 Å². The molecular weight excluding hydrogens is 1180 g/mol. The van der Waals surface area contributed by atoms with Crippen LogP contribution in [0.5, 0.6) is 23.8 Å². The van der Waals surface area contributed by atoms with Gasteiger partial charge in [-0.15, -0.1) is 0 Å². The molecule has 85 heavy (non-hydrogen) atoms. The van der Waals surface area contributed by atoms with Gasteiger partial charge in [-0.2, -0.15) is 56.8 Å². The predicted octanol–water partition coefficient (Wildman–Crippen LogP) is 9.44. The fraction of sp³-hybridized carbons (Fsp3) is 0.377. The molecular formula is C53H48F8N12O10S2. The average molecular weight is 1230 g/mol. The normalized spacial score (nSPS) is 15.0. The summed E-state index contributed by atoms with van der Waals surface area (Å²) in [6.45, 7) is 13.5. The van der Waals surface area contributed by atoms with Gasteiger partial charge in [0.1, 0.15) is 59.7 Å². The Hall–Kier alpha value is -9.01. The number of hydrogen-bond acceptors (Lipinski definition) is 20. The summed E-state index contributed by atoms with van der Waals surface area (Å²) in [6.07, 6.45) is -8.93. The molecule has 2 aliphatic heterocycles. The highest BCUT2D eigenvalue weighted by molar-refractivity contribution is 7.81. The van der Waals surface area contributed by atoms with Crippen LogP contribution in [0.2, 0.25) is 0 Å². The van der Waals surface area contributed by atoms with Crippen LogP contribution in [0.4, 0.5) is 62.7 Å². The molecule has 2 aliphatic rings. The number of hydrogen-bond donors (Lipinski definition) is 1. The zero-order valence-corrected chi connectivity index (χ0v) is 47.8. The van der Waals surface area contributed by atoms with Gasteiger partial charge in [0.05, 0.1) is 65.5 Å². The number of carbonyl (C=O) groups excluding carboxylic acids is 3. The molecule has 0 unspecified atom stereocenters. The molecule has 0 spiro atoms. The zero-order chi connectivity index (χ0) is 62.9. The van der Waals surface area contributed by atoms with Crippen molar-refractivity contribution in [2.24, 2.45) is 0 Å². The number of carbonyl (C=O) groups is 3. The topological polar surface area (TPSA) is 265 Å². The Kier molecular flexibility index (Phi) is 18.2. The lowest BCUT2D eigenvalue weighted by Gasteiger charge is -2.29. The third-order valence-electron chi connectivity index (χ3n) is 12.1. The van der Waals surface area contributed by atoms with Gasteiger partial charge in [-0.05, 0) is 123 Å². The highest BCUT2D eigenvalue weighted by atomic mass is 32.1. The van der Waals surface area contributed by atoms with E-state index < -0.39 is 81.2 Å². The molecule has 8 rings (SSSR count). The summed E-state index contributed by atoms with van der Waals surface area (Å²) in [5, 5.41) is 26.9. The van der Waals surface area contributed by atoms with Crippen LogP contribution in [-0.2, 0) is 31.4 Å². The van der Waals surface area contributed by atoms with E-state index in [0.717, 1.165) is 34.3 Å². The number of amides is 2. The van der Waals surface area contributed by atoms with Crippen molar-refractivity contribution in [1.29, 1.82) is 10.5 Å². The van der Waals surface area contributed by atoms with Crippen molar-refractivity contribution in [2.75, 3.05) is 59.2 Å². The number of fused-ring (bicyclic) bond motifs is 2. The largest absolute Gasteiger partial charge is 0.508 e. The minimum absolute atomic E-state index is 0.0242. The van der Waals surface area contributed by atoms with E-state index in [4.69, 9.17) is 63.4 Å². The number of ether oxygens (including phenoxy) is 6. The number of nitriles is 2. The molecule has 448 valence electrons. The molecule has 2 amide bonds. The molecule has 6 heterocycles. The molecule has 32 heteroatoms. The van der Waals surface area contributed by atoms with Gasteiger partial charge >= 0.3 is 30.5 Å². The van der Waals surface area contributed by atoms with Crippen LogP contribution in [0.1, 0.15) is 84.8 Å². The standard InChI is InChI=1S/C29H28F4N6O6S.C24H20F4N6O4S/c1-7-42-24-36-21-17(22(37-24)43-8-9-44-26(41)45-27(2,3)4)10-15(12-19(21)30)39-25(46)38(23(40)28(39,5)6)16-11-18(29(31,32)33)20(13-34)35-14-16;1-4-37-21-31-18-14(19(32-21)38-6-5-35)7-12(9-16(18)25)34-22(39)33(20(36)23(34,2)3)13-8-15(24(26,27)28)17(10-29)30-11-13/h10-12,14H,7-9H2,1-6H3;7-9,11,35H,4-6H2,1-3H3. The molecule has 4 aromatic heterocycles. The fourth-order valence-electron chi connectivity index (χ4n) is 8.48. The van der Waals surface area contributed by atoms with Gasteiger partial charge in [-0.1, -0.05) is 0 Å². The molecule has 2 fully saturated rings. The van der Waals surface area contributed by atoms with E-state index in [2.05, 4.69) is 29.9 Å². The molecule has 0 saturated carbocycles. The third-order valence-corrected chi connectivity index (χ3v) is 12.8. The monoisotopic (exact) mass is 1230 g/mol. The highest BCUT2D eigenvalue weighted by Crippen LogP contribution is 2.44. The van der Waals surface area contributed by atoms with Crippen LogP contribution in [0.25, 0.3) is 21.8 Å². The summed E-state index contributed by atoms with van der Waals surface area (Å²) >= 11 is 11.0. The molecule has 22 nitrogen and oxygen atoms in total. The number of pyridine rings is 2. The number of aliphatic hydroxyl groups excluding tert-OH is 1. The van der Waals surface area contributed by atoms with Crippen LogP contribution >= 0.6 is 24.4 Å². The van der Waals surface area contributed by atoms with Crippen molar-refractivity contribution in [3.05, 3.63) is 82.9 Å². The van der Waals surface area contributed by atoms with E-state index in [1.165, 1.54) is 61.8 Å². The Morgan fingerprint density at radius 2 is 1.02 bits per heavy atom. The van der Waals surface area contributed by atoms with Gasteiger partial charge in [0.2, 0.25) is 11.8 Å². The molecule has 6 aromatic rings. The predicted molar refractivity (Wildman–Crippen MR) is 293 cm³/mol. The summed E-state index contributed by atoms with van der Waals surface area (Å²) in [5.74, 6) is -3.43. The van der Waals surface area contributed by atoms with Gasteiger partial charge in [0, 0.05) is 11.4 Å². The van der Waals surface area contributed by atoms with Gasteiger partial charge < -0.3 is 43.3 Å². The lowest BCUT2D eigenvalue weighted by Crippen LogP contribution is -2.44. The fourth-order valence-corrected chi connectivity index (χ4v) is 9.53. The Balaban J connectivity index is 0.000000247. The van der Waals surface area contributed by atoms with Crippen LogP contribution in [-0.4, -0.2) is 120 Å². The molecule has 0 radical (unpaired) electrons. The molecule has 2 saturated heterocycles. The quantitative estimate of drug-likeness (QED) is 0.0434. The van der Waals surface area contributed by atoms with E-state index in [0.29, 0.717) is 12.1 Å². The Morgan fingerprint density at radius 3 is 1.38 bits per heavy atom. The second kappa shape index (κ2) is 24.3. The number of anilines is 4. The van der Waals surface area contributed by atoms with E-state index in [9.17, 15) is 45.8 Å². The second-order valence-corrected chi connectivity index (χ2v) is 20.6. The summed E-state index contributed by atoms with van der Waals surface area (Å²) in [7, 11) is 0. The minimum atomic E-state index is -4.94. The number of benzene rings is 2. The molecule has 2 aromatic carbocycles. The van der Waals surface area contributed by atoms with Crippen molar-refractivity contribution >= 4 is 97.2 Å². The molecule has 0 aliphatic carbocycles. The van der Waals surface area contributed by atoms with Crippen LogP contribution in [0, 0.1) is 34.3 Å². The smallest absolute Gasteiger partial charge is 0.475 e. The molecule has 0 atom stereocenters. The van der Waals surface area contributed by atoms with Crippen molar-refractivity contribution in [3.63, 3.8) is 0 Å². The maximum atomic E-state index is 15.7. The van der Waals surface area contributed by atoms with E-state index >= 15 is 8.78 Å². The summed E-state index contributed by atoms with van der Waals surface area (Å²) in [4.78, 5) is 66.8. The Morgan fingerprint density at radius 1 is 0.624 bits per heavy atom. The first-order valence-corrected chi connectivity index (χ1v) is 25.9. The van der Waals surface area contributed by atoms with Crippen LogP contribution < -0.4 is 38.5 Å². The first kappa shape index (κ1) is 63.6. The van der Waals surface area contributed by atoms with E-state index in [-0.39, 0.29) is 118 Å². The lowest BCUT2D eigenvalue weighted by atomic mass is 10.0. The zero-order valence-electron chi connectivity index (χ0n) is 46.2. The van der Waals surface area contributed by atoms with Crippen molar-refractivity contribution in [2.45, 2.75) is 91.3 Å².